The largest absolute Gasteiger partial charge is 0.480 e. The summed E-state index contributed by atoms with van der Waals surface area (Å²) in [7, 11) is 0. The Morgan fingerprint density at radius 1 is 0.542 bits per heavy atom. The fourth-order valence-corrected chi connectivity index (χ4v) is 6.31. The Morgan fingerprint density at radius 3 is 1.40 bits per heavy atom. The summed E-state index contributed by atoms with van der Waals surface area (Å²) >= 11 is 0. The lowest BCUT2D eigenvalue weighted by molar-refractivity contribution is -0.147. The molecule has 6 heteroatoms. The van der Waals surface area contributed by atoms with Crippen LogP contribution in [0.25, 0.3) is 0 Å². The molecule has 1 unspecified atom stereocenters. The van der Waals surface area contributed by atoms with Gasteiger partial charge in [-0.1, -0.05) is 180 Å². The van der Waals surface area contributed by atoms with Crippen LogP contribution in [0.3, 0.4) is 0 Å². The highest BCUT2D eigenvalue weighted by atomic mass is 16.5. The number of carbonyl (C=O) groups excluding carboxylic acids is 2. The van der Waals surface area contributed by atoms with Crippen molar-refractivity contribution in [3.8, 4) is 0 Å². The molecule has 6 nitrogen and oxygen atoms in total. The third-order valence-corrected chi connectivity index (χ3v) is 9.42. The summed E-state index contributed by atoms with van der Waals surface area (Å²) in [6.45, 7) is 4.20. The number of rotatable bonds is 38. The minimum atomic E-state index is -1.02. The zero-order valence-electron chi connectivity index (χ0n) is 31.9. The normalized spacial score (nSPS) is 12.0. The first-order chi connectivity index (χ1) is 23.5. The maximum absolute atomic E-state index is 12.6. The van der Waals surface area contributed by atoms with Gasteiger partial charge >= 0.3 is 11.9 Å². The molecule has 0 aliphatic heterocycles. The molecule has 0 spiro atoms. The molecule has 1 amide bonds. The quantitative estimate of drug-likeness (QED) is 0.0385. The van der Waals surface area contributed by atoms with Gasteiger partial charge in [0.1, 0.15) is 12.6 Å². The minimum absolute atomic E-state index is 0.0775. The number of aliphatic carboxylic acids is 1. The number of hydrogen-bond acceptors (Lipinski definition) is 4. The van der Waals surface area contributed by atoms with E-state index in [1.807, 2.05) is 0 Å². The number of unbranched alkanes of at least 4 members (excludes halogenated alkanes) is 27. The van der Waals surface area contributed by atoms with Crippen LogP contribution in [-0.2, 0) is 19.1 Å². The second-order valence-corrected chi connectivity index (χ2v) is 14.3. The van der Waals surface area contributed by atoms with Crippen molar-refractivity contribution in [3.63, 3.8) is 0 Å². The van der Waals surface area contributed by atoms with Crippen molar-refractivity contribution in [2.24, 2.45) is 0 Å². The summed E-state index contributed by atoms with van der Waals surface area (Å²) in [4.78, 5) is 34.9. The van der Waals surface area contributed by atoms with E-state index in [1.165, 1.54) is 148 Å². The van der Waals surface area contributed by atoms with E-state index in [4.69, 9.17) is 9.84 Å². The average Bonchev–Trinajstić information content (AvgIpc) is 3.07. The molecule has 1 atom stereocenters. The van der Waals surface area contributed by atoms with Gasteiger partial charge in [-0.2, -0.15) is 0 Å². The van der Waals surface area contributed by atoms with Gasteiger partial charge in [0.15, 0.2) is 0 Å². The summed E-state index contributed by atoms with van der Waals surface area (Å²) < 4.78 is 5.90. The average molecular weight is 678 g/mol. The van der Waals surface area contributed by atoms with Crippen LogP contribution in [0.5, 0.6) is 0 Å². The molecule has 0 bridgehead atoms. The molecule has 0 saturated carbocycles. The van der Waals surface area contributed by atoms with Crippen molar-refractivity contribution < 1.29 is 24.2 Å². The molecule has 0 aliphatic carbocycles. The lowest BCUT2D eigenvalue weighted by atomic mass is 10.0. The molecule has 0 aliphatic rings. The number of carboxylic acids is 1. The van der Waals surface area contributed by atoms with Crippen LogP contribution in [0, 0.1) is 0 Å². The van der Waals surface area contributed by atoms with Gasteiger partial charge in [0.25, 0.3) is 0 Å². The van der Waals surface area contributed by atoms with Crippen LogP contribution in [0.1, 0.15) is 226 Å². The Hall–Kier alpha value is -1.85. The van der Waals surface area contributed by atoms with E-state index in [0.717, 1.165) is 51.4 Å². The molecule has 0 radical (unpaired) electrons. The first kappa shape index (κ1) is 46.1. The summed E-state index contributed by atoms with van der Waals surface area (Å²) in [5.74, 6) is -1.31. The molecule has 2 N–H and O–H groups in total. The molecule has 0 saturated heterocycles. The highest BCUT2D eigenvalue weighted by Gasteiger charge is 2.12. The standard InChI is InChI=1S/C42H79NO5/c1-3-5-7-9-11-13-14-15-16-17-18-19-20-21-22-23-25-27-33-37-42(47)48-39(34-30-26-24-12-10-8-6-4-2)35-31-28-29-32-36-40(44)43-38-41(45)46/h30,34,39H,3-29,31-33,35-38H2,1-2H3,(H,43,44)(H,45,46)/b34-30-. The number of hydrogen-bond donors (Lipinski definition) is 2. The molecule has 0 aromatic heterocycles. The predicted molar refractivity (Wildman–Crippen MR) is 203 cm³/mol. The minimum Gasteiger partial charge on any atom is -0.480 e. The van der Waals surface area contributed by atoms with Gasteiger partial charge in [0, 0.05) is 12.8 Å². The smallest absolute Gasteiger partial charge is 0.322 e. The topological polar surface area (TPSA) is 92.7 Å². The number of esters is 1. The molecule has 0 fully saturated rings. The molecule has 0 aromatic rings. The summed E-state index contributed by atoms with van der Waals surface area (Å²) in [5, 5.41) is 11.1. The Kier molecular flexibility index (Phi) is 36.5. The SMILES string of the molecule is CCCCCCCC/C=C\C(CCCCCCC(=O)NCC(=O)O)OC(=O)CCCCCCCCCCCCCCCCCCCCC. The van der Waals surface area contributed by atoms with E-state index in [1.54, 1.807) is 0 Å². The Balaban J connectivity index is 3.98. The summed E-state index contributed by atoms with van der Waals surface area (Å²) in [5.41, 5.74) is 0. The second kappa shape index (κ2) is 38.0. The van der Waals surface area contributed by atoms with Crippen molar-refractivity contribution in [2.75, 3.05) is 6.54 Å². The first-order valence-electron chi connectivity index (χ1n) is 20.8. The number of nitrogens with one attached hydrogen (secondary N) is 1. The number of ether oxygens (including phenoxy) is 1. The van der Waals surface area contributed by atoms with Gasteiger partial charge in [0.2, 0.25) is 5.91 Å². The van der Waals surface area contributed by atoms with Crippen molar-refractivity contribution in [1.29, 1.82) is 0 Å². The Morgan fingerprint density at radius 2 is 0.938 bits per heavy atom. The van der Waals surface area contributed by atoms with Crippen LogP contribution in [0.2, 0.25) is 0 Å². The molecule has 0 rings (SSSR count). The van der Waals surface area contributed by atoms with Crippen LogP contribution in [-0.4, -0.2) is 35.6 Å². The van der Waals surface area contributed by atoms with Crippen LogP contribution >= 0.6 is 0 Å². The Labute approximate surface area is 297 Å². The van der Waals surface area contributed by atoms with Crippen LogP contribution in [0.15, 0.2) is 12.2 Å². The van der Waals surface area contributed by atoms with E-state index >= 15 is 0 Å². The predicted octanol–water partition coefficient (Wildman–Crippen LogP) is 12.6. The van der Waals surface area contributed by atoms with Gasteiger partial charge in [-0.3, -0.25) is 14.4 Å². The maximum atomic E-state index is 12.6. The number of allylic oxidation sites excluding steroid dienone is 1. The fraction of sp³-hybridized carbons (Fsp3) is 0.881. The highest BCUT2D eigenvalue weighted by molar-refractivity contribution is 5.80. The highest BCUT2D eigenvalue weighted by Crippen LogP contribution is 2.17. The first-order valence-corrected chi connectivity index (χ1v) is 20.8. The number of carbonyl (C=O) groups is 3. The van der Waals surface area contributed by atoms with Crippen molar-refractivity contribution >= 4 is 17.8 Å². The molecule has 282 valence electrons. The molecular formula is C42H79NO5. The molecule has 0 heterocycles. The van der Waals surface area contributed by atoms with Crippen LogP contribution < -0.4 is 5.32 Å². The number of amides is 1. The van der Waals surface area contributed by atoms with Gasteiger partial charge in [-0.15, -0.1) is 0 Å². The van der Waals surface area contributed by atoms with Gasteiger partial charge in [-0.05, 0) is 44.6 Å². The molecular weight excluding hydrogens is 598 g/mol. The van der Waals surface area contributed by atoms with E-state index in [-0.39, 0.29) is 24.5 Å². The summed E-state index contributed by atoms with van der Waals surface area (Å²) in [6.07, 6.45) is 43.6. The number of carboxylic acid groups (broad SMARTS) is 1. The van der Waals surface area contributed by atoms with Crippen LogP contribution in [0.4, 0.5) is 0 Å². The maximum Gasteiger partial charge on any atom is 0.322 e. The van der Waals surface area contributed by atoms with E-state index in [0.29, 0.717) is 12.8 Å². The van der Waals surface area contributed by atoms with Gasteiger partial charge < -0.3 is 15.2 Å². The fourth-order valence-electron chi connectivity index (χ4n) is 6.31. The third kappa shape index (κ3) is 37.0. The monoisotopic (exact) mass is 678 g/mol. The lowest BCUT2D eigenvalue weighted by Gasteiger charge is -2.15. The molecule has 0 aromatic carbocycles. The second-order valence-electron chi connectivity index (χ2n) is 14.3. The van der Waals surface area contributed by atoms with E-state index < -0.39 is 5.97 Å². The van der Waals surface area contributed by atoms with E-state index in [9.17, 15) is 14.4 Å². The third-order valence-electron chi connectivity index (χ3n) is 9.42. The lowest BCUT2D eigenvalue weighted by Crippen LogP contribution is -2.28. The van der Waals surface area contributed by atoms with Crippen molar-refractivity contribution in [1.82, 2.24) is 5.32 Å². The summed E-state index contributed by atoms with van der Waals surface area (Å²) in [6, 6.07) is 0. The zero-order chi connectivity index (χ0) is 35.2. The van der Waals surface area contributed by atoms with Gasteiger partial charge in [0.05, 0.1) is 0 Å². The van der Waals surface area contributed by atoms with Crippen molar-refractivity contribution in [3.05, 3.63) is 12.2 Å². The zero-order valence-corrected chi connectivity index (χ0v) is 31.9. The van der Waals surface area contributed by atoms with Gasteiger partial charge in [-0.25, -0.2) is 0 Å². The van der Waals surface area contributed by atoms with Crippen molar-refractivity contribution in [2.45, 2.75) is 232 Å². The molecule has 48 heavy (non-hydrogen) atoms. The Bertz CT molecular complexity index is 752. The van der Waals surface area contributed by atoms with E-state index in [2.05, 4.69) is 31.3 Å².